The predicted octanol–water partition coefficient (Wildman–Crippen LogP) is 2.49. The van der Waals surface area contributed by atoms with Crippen LogP contribution < -0.4 is 10.6 Å². The number of hydrogen-bond donors (Lipinski definition) is 1. The van der Waals surface area contributed by atoms with Crippen molar-refractivity contribution in [1.82, 2.24) is 0 Å². The molecule has 0 aromatic heterocycles. The minimum Gasteiger partial charge on any atom is -0.371 e. The summed E-state index contributed by atoms with van der Waals surface area (Å²) in [5, 5.41) is 8.96. The van der Waals surface area contributed by atoms with Gasteiger partial charge in [0.05, 0.1) is 11.6 Å². The van der Waals surface area contributed by atoms with E-state index in [0.29, 0.717) is 11.5 Å². The Bertz CT molecular complexity index is 450. The van der Waals surface area contributed by atoms with E-state index in [1.54, 1.807) is 0 Å². The molecule has 1 aromatic carbocycles. The Morgan fingerprint density at radius 3 is 2.88 bits per heavy atom. The van der Waals surface area contributed by atoms with Crippen molar-refractivity contribution < 1.29 is 0 Å². The average molecular weight is 294 g/mol. The first-order valence-electron chi connectivity index (χ1n) is 5.81. The van der Waals surface area contributed by atoms with Gasteiger partial charge in [-0.15, -0.1) is 0 Å². The predicted molar refractivity (Wildman–Crippen MR) is 72.8 cm³/mol. The highest BCUT2D eigenvalue weighted by Gasteiger charge is 2.25. The Morgan fingerprint density at radius 2 is 2.29 bits per heavy atom. The lowest BCUT2D eigenvalue weighted by molar-refractivity contribution is 0.488. The van der Waals surface area contributed by atoms with Gasteiger partial charge in [0.2, 0.25) is 0 Å². The molecule has 17 heavy (non-hydrogen) atoms. The van der Waals surface area contributed by atoms with E-state index in [9.17, 15) is 0 Å². The molecule has 90 valence electrons. The number of hydrogen-bond acceptors (Lipinski definition) is 3. The first-order valence-corrected chi connectivity index (χ1v) is 6.60. The van der Waals surface area contributed by atoms with Crippen LogP contribution in [0.5, 0.6) is 0 Å². The van der Waals surface area contributed by atoms with E-state index in [2.05, 4.69) is 39.9 Å². The molecule has 1 heterocycles. The lowest BCUT2D eigenvalue weighted by atomic mass is 10.0. The summed E-state index contributed by atoms with van der Waals surface area (Å²) >= 11 is 3.44. The number of nitrogens with zero attached hydrogens (tertiary/aromatic N) is 2. The van der Waals surface area contributed by atoms with Gasteiger partial charge in [-0.05, 0) is 37.5 Å². The Labute approximate surface area is 110 Å². The highest BCUT2D eigenvalue weighted by atomic mass is 79.9. The molecule has 0 bridgehead atoms. The number of halogens is 1. The zero-order chi connectivity index (χ0) is 12.4. The molecule has 3 nitrogen and oxygen atoms in total. The maximum absolute atomic E-state index is 8.96. The molecule has 1 aliphatic rings. The largest absolute Gasteiger partial charge is 0.371 e. The fourth-order valence-corrected chi connectivity index (χ4v) is 2.75. The van der Waals surface area contributed by atoms with E-state index in [4.69, 9.17) is 11.0 Å². The summed E-state index contributed by atoms with van der Waals surface area (Å²) in [6.45, 7) is 4.07. The van der Waals surface area contributed by atoms with Crippen LogP contribution in [0.25, 0.3) is 0 Å². The summed E-state index contributed by atoms with van der Waals surface area (Å²) in [6.07, 6.45) is 1.13. The van der Waals surface area contributed by atoms with Crippen LogP contribution in [0.15, 0.2) is 22.7 Å². The molecule has 1 aromatic rings. The van der Waals surface area contributed by atoms with Crippen molar-refractivity contribution in [2.75, 3.05) is 18.0 Å². The second kappa shape index (κ2) is 5.07. The molecular weight excluding hydrogens is 278 g/mol. The number of rotatable bonds is 2. The normalized spacial score (nSPS) is 21.3. The highest BCUT2D eigenvalue weighted by Crippen LogP contribution is 2.28. The SMILES string of the molecule is CC(N)C1CCN(c2cc(Br)cc(C#N)c2)C1. The van der Waals surface area contributed by atoms with Crippen molar-refractivity contribution in [3.8, 4) is 6.07 Å². The third kappa shape index (κ3) is 2.80. The molecule has 0 amide bonds. The Balaban J connectivity index is 2.19. The van der Waals surface area contributed by atoms with Crippen LogP contribution in [0.2, 0.25) is 0 Å². The molecule has 0 aliphatic carbocycles. The van der Waals surface area contributed by atoms with Gasteiger partial charge in [0.1, 0.15) is 0 Å². The summed E-state index contributed by atoms with van der Waals surface area (Å²) < 4.78 is 0.954. The van der Waals surface area contributed by atoms with Gasteiger partial charge in [-0.2, -0.15) is 5.26 Å². The van der Waals surface area contributed by atoms with E-state index in [-0.39, 0.29) is 6.04 Å². The second-order valence-corrected chi connectivity index (χ2v) is 5.58. The summed E-state index contributed by atoms with van der Waals surface area (Å²) in [7, 11) is 0. The molecule has 2 unspecified atom stereocenters. The molecule has 1 aliphatic heterocycles. The molecule has 0 spiro atoms. The molecule has 4 heteroatoms. The average Bonchev–Trinajstić information content (AvgIpc) is 2.77. The molecule has 0 saturated carbocycles. The van der Waals surface area contributed by atoms with Gasteiger partial charge >= 0.3 is 0 Å². The van der Waals surface area contributed by atoms with E-state index < -0.39 is 0 Å². The molecule has 1 fully saturated rings. The first-order chi connectivity index (χ1) is 8.10. The lowest BCUT2D eigenvalue weighted by Crippen LogP contribution is -2.29. The minimum absolute atomic E-state index is 0.239. The lowest BCUT2D eigenvalue weighted by Gasteiger charge is -2.20. The second-order valence-electron chi connectivity index (χ2n) is 4.66. The van der Waals surface area contributed by atoms with Gasteiger partial charge in [0.15, 0.2) is 0 Å². The molecular formula is C13H16BrN3. The van der Waals surface area contributed by atoms with Gasteiger partial charge in [-0.3, -0.25) is 0 Å². The van der Waals surface area contributed by atoms with Crippen LogP contribution in [-0.4, -0.2) is 19.1 Å². The van der Waals surface area contributed by atoms with Gasteiger partial charge in [-0.25, -0.2) is 0 Å². The Morgan fingerprint density at radius 1 is 1.53 bits per heavy atom. The highest BCUT2D eigenvalue weighted by molar-refractivity contribution is 9.10. The van der Waals surface area contributed by atoms with Gasteiger partial charge in [0, 0.05) is 29.3 Å². The maximum Gasteiger partial charge on any atom is 0.0992 e. The quantitative estimate of drug-likeness (QED) is 0.911. The summed E-state index contributed by atoms with van der Waals surface area (Å²) in [5.41, 5.74) is 7.74. The third-order valence-electron chi connectivity index (χ3n) is 3.35. The van der Waals surface area contributed by atoms with Crippen molar-refractivity contribution in [3.05, 3.63) is 28.2 Å². The monoisotopic (exact) mass is 293 g/mol. The van der Waals surface area contributed by atoms with Crippen molar-refractivity contribution in [3.63, 3.8) is 0 Å². The fraction of sp³-hybridized carbons (Fsp3) is 0.462. The number of anilines is 1. The topological polar surface area (TPSA) is 53.0 Å². The third-order valence-corrected chi connectivity index (χ3v) is 3.80. The smallest absolute Gasteiger partial charge is 0.0992 e. The van der Waals surface area contributed by atoms with E-state index in [0.717, 1.165) is 29.7 Å². The van der Waals surface area contributed by atoms with Crippen LogP contribution >= 0.6 is 15.9 Å². The first kappa shape index (κ1) is 12.4. The van der Waals surface area contributed by atoms with Crippen LogP contribution in [0.3, 0.4) is 0 Å². The zero-order valence-electron chi connectivity index (χ0n) is 9.86. The summed E-state index contributed by atoms with van der Waals surface area (Å²) in [5.74, 6) is 0.555. The summed E-state index contributed by atoms with van der Waals surface area (Å²) in [6, 6.07) is 8.26. The van der Waals surface area contributed by atoms with Crippen LogP contribution in [0.1, 0.15) is 18.9 Å². The Kier molecular flexibility index (Phi) is 3.70. The molecule has 2 atom stereocenters. The maximum atomic E-state index is 8.96. The minimum atomic E-state index is 0.239. The van der Waals surface area contributed by atoms with Gasteiger partial charge < -0.3 is 10.6 Å². The van der Waals surface area contributed by atoms with Crippen molar-refractivity contribution in [2.24, 2.45) is 11.7 Å². The molecule has 2 N–H and O–H groups in total. The Hall–Kier alpha value is -1.05. The number of benzene rings is 1. The standard InChI is InChI=1S/C13H16BrN3/c1-9(16)11-2-3-17(8-11)13-5-10(7-15)4-12(14)6-13/h4-6,9,11H,2-3,8,16H2,1H3. The van der Waals surface area contributed by atoms with E-state index in [1.165, 1.54) is 0 Å². The van der Waals surface area contributed by atoms with Crippen molar-refractivity contribution in [1.29, 1.82) is 5.26 Å². The zero-order valence-corrected chi connectivity index (χ0v) is 11.4. The number of nitriles is 1. The molecule has 2 rings (SSSR count). The molecule has 0 radical (unpaired) electrons. The van der Waals surface area contributed by atoms with E-state index in [1.807, 2.05) is 12.1 Å². The van der Waals surface area contributed by atoms with Crippen LogP contribution in [0.4, 0.5) is 5.69 Å². The van der Waals surface area contributed by atoms with Crippen molar-refractivity contribution in [2.45, 2.75) is 19.4 Å². The van der Waals surface area contributed by atoms with Crippen LogP contribution in [-0.2, 0) is 0 Å². The van der Waals surface area contributed by atoms with Gasteiger partial charge in [0.25, 0.3) is 0 Å². The molecule has 1 saturated heterocycles. The summed E-state index contributed by atoms with van der Waals surface area (Å²) in [4.78, 5) is 2.31. The van der Waals surface area contributed by atoms with Gasteiger partial charge in [-0.1, -0.05) is 15.9 Å². The van der Waals surface area contributed by atoms with E-state index >= 15 is 0 Å². The fourth-order valence-electron chi connectivity index (χ4n) is 2.27. The number of nitrogens with two attached hydrogens (primary N) is 1. The van der Waals surface area contributed by atoms with Crippen molar-refractivity contribution >= 4 is 21.6 Å². The van der Waals surface area contributed by atoms with Crippen LogP contribution in [0, 0.1) is 17.2 Å².